The van der Waals surface area contributed by atoms with Crippen molar-refractivity contribution in [2.75, 3.05) is 66.3 Å². The smallest absolute Gasteiger partial charge is 0.313 e. The molecule has 8 atom stereocenters. The molecule has 4 fully saturated rings. The fraction of sp³-hybridized carbons (Fsp3) is 0.650. The third-order valence-corrected chi connectivity index (χ3v) is 11.0. The zero-order chi connectivity index (χ0) is 38.1. The van der Waals surface area contributed by atoms with Crippen molar-refractivity contribution in [1.82, 2.24) is 20.0 Å². The summed E-state index contributed by atoms with van der Waals surface area (Å²) in [6.07, 6.45) is 3.76. The molecule has 4 aliphatic heterocycles. The molecule has 1 aromatic carbocycles. The van der Waals surface area contributed by atoms with Gasteiger partial charge in [-0.25, -0.2) is 0 Å². The van der Waals surface area contributed by atoms with Crippen molar-refractivity contribution in [3.63, 3.8) is 0 Å². The molecular weight excluding hydrogens is 680 g/mol. The van der Waals surface area contributed by atoms with Crippen LogP contribution in [0.25, 0.3) is 0 Å². The molecule has 2 N–H and O–H groups in total. The zero-order valence-electron chi connectivity index (χ0n) is 31.5. The van der Waals surface area contributed by atoms with Gasteiger partial charge in [0.15, 0.2) is 0 Å². The van der Waals surface area contributed by atoms with Crippen LogP contribution in [-0.2, 0) is 38.1 Å². The molecule has 0 saturated carbocycles. The number of benzene rings is 1. The van der Waals surface area contributed by atoms with Crippen LogP contribution >= 0.6 is 0 Å². The van der Waals surface area contributed by atoms with Gasteiger partial charge in [-0.2, -0.15) is 0 Å². The largest absolute Gasteiger partial charge is 0.455 e. The Morgan fingerprint density at radius 1 is 1.15 bits per heavy atom. The number of allylic oxidation sites excluding steroid dienone is 1. The summed E-state index contributed by atoms with van der Waals surface area (Å²) in [7, 11) is 1.51. The van der Waals surface area contributed by atoms with Crippen molar-refractivity contribution < 1.29 is 43.2 Å². The molecule has 4 saturated heterocycles. The number of amides is 3. The second kappa shape index (κ2) is 18.6. The number of carbonyl (C=O) groups is 4. The number of hydrogen-bond acceptors (Lipinski definition) is 10. The highest BCUT2D eigenvalue weighted by Crippen LogP contribution is 2.59. The number of likely N-dealkylation sites (tertiary alicyclic amines) is 1. The van der Waals surface area contributed by atoms with Gasteiger partial charge in [-0.1, -0.05) is 56.3 Å². The van der Waals surface area contributed by atoms with Gasteiger partial charge in [-0.05, 0) is 37.2 Å². The summed E-state index contributed by atoms with van der Waals surface area (Å²) < 4.78 is 24.1. The monoisotopic (exact) mass is 738 g/mol. The summed E-state index contributed by atoms with van der Waals surface area (Å²) in [4.78, 5) is 62.7. The highest BCUT2D eigenvalue weighted by Gasteiger charge is 2.75. The summed E-state index contributed by atoms with van der Waals surface area (Å²) in [5.41, 5.74) is -0.631. The van der Waals surface area contributed by atoms with Crippen LogP contribution in [0, 0.1) is 17.8 Å². The zero-order valence-corrected chi connectivity index (χ0v) is 31.5. The van der Waals surface area contributed by atoms with Crippen molar-refractivity contribution in [2.45, 2.75) is 81.9 Å². The molecule has 1 aromatic rings. The van der Waals surface area contributed by atoms with Gasteiger partial charge in [0.25, 0.3) is 0 Å². The van der Waals surface area contributed by atoms with E-state index in [0.717, 1.165) is 13.1 Å². The minimum Gasteiger partial charge on any atom is -0.455 e. The van der Waals surface area contributed by atoms with Crippen LogP contribution < -0.4 is 5.32 Å². The number of morpholine rings is 1. The first-order valence-corrected chi connectivity index (χ1v) is 19.0. The topological polar surface area (TPSA) is 147 Å². The van der Waals surface area contributed by atoms with E-state index < -0.39 is 53.7 Å². The number of rotatable bonds is 20. The van der Waals surface area contributed by atoms with Crippen molar-refractivity contribution >= 4 is 23.7 Å². The molecule has 1 spiro atoms. The Bertz CT molecular complexity index is 1440. The second-order valence-corrected chi connectivity index (χ2v) is 15.0. The Hall–Kier alpha value is -3.62. The highest BCUT2D eigenvalue weighted by atomic mass is 16.6. The molecule has 3 amide bonds. The molecule has 2 bridgehead atoms. The van der Waals surface area contributed by atoms with E-state index in [2.05, 4.69) is 23.4 Å². The van der Waals surface area contributed by atoms with Crippen LogP contribution in [0.5, 0.6) is 0 Å². The van der Waals surface area contributed by atoms with Crippen molar-refractivity contribution in [3.8, 4) is 0 Å². The van der Waals surface area contributed by atoms with E-state index in [1.807, 2.05) is 44.2 Å². The first kappa shape index (κ1) is 40.6. The summed E-state index contributed by atoms with van der Waals surface area (Å²) in [5, 5.41) is 13.7. The van der Waals surface area contributed by atoms with Gasteiger partial charge in [-0.15, -0.1) is 13.2 Å². The van der Waals surface area contributed by atoms with E-state index in [-0.39, 0.29) is 49.8 Å². The SMILES string of the molecule is C=CCCC(=O)N[C@@H](COC)[C@@H](OC(=O)[C@@H]1[C@H]2C(=O)N([C@@H](CO)CC(C)C)[C@H](C(=O)N(CC=C)CCN3CCOCC3)[C@]23CC[C@H]1O3)c1ccccc1. The molecule has 13 nitrogen and oxygen atoms in total. The van der Waals surface area contributed by atoms with Crippen LogP contribution in [0.4, 0.5) is 0 Å². The first-order chi connectivity index (χ1) is 25.6. The molecule has 0 unspecified atom stereocenters. The molecule has 5 rings (SSSR count). The first-order valence-electron chi connectivity index (χ1n) is 19.0. The Kier molecular flexibility index (Phi) is 14.2. The second-order valence-electron chi connectivity index (χ2n) is 15.0. The van der Waals surface area contributed by atoms with Crippen molar-refractivity contribution in [2.24, 2.45) is 17.8 Å². The molecule has 4 heterocycles. The summed E-state index contributed by atoms with van der Waals surface area (Å²) in [6, 6.07) is 6.69. The minimum absolute atomic E-state index is 0.0604. The Morgan fingerprint density at radius 3 is 2.53 bits per heavy atom. The maximum absolute atomic E-state index is 14.9. The molecule has 53 heavy (non-hydrogen) atoms. The average molecular weight is 739 g/mol. The number of carbonyl (C=O) groups excluding carboxylic acids is 4. The van der Waals surface area contributed by atoms with Crippen LogP contribution in [0.15, 0.2) is 55.6 Å². The third kappa shape index (κ3) is 8.86. The van der Waals surface area contributed by atoms with Gasteiger partial charge in [-0.3, -0.25) is 24.1 Å². The average Bonchev–Trinajstić information content (AvgIpc) is 3.81. The van der Waals surface area contributed by atoms with E-state index >= 15 is 0 Å². The normalized spacial score (nSPS) is 26.9. The number of ether oxygens (including phenoxy) is 4. The lowest BCUT2D eigenvalue weighted by atomic mass is 9.70. The van der Waals surface area contributed by atoms with Crippen LogP contribution in [0.1, 0.15) is 57.6 Å². The quantitative estimate of drug-likeness (QED) is 0.151. The third-order valence-electron chi connectivity index (χ3n) is 11.0. The number of nitrogens with zero attached hydrogens (tertiary/aromatic N) is 3. The van der Waals surface area contributed by atoms with Crippen molar-refractivity contribution in [1.29, 1.82) is 0 Å². The maximum Gasteiger partial charge on any atom is 0.313 e. The fourth-order valence-electron chi connectivity index (χ4n) is 8.68. The maximum atomic E-state index is 14.9. The highest BCUT2D eigenvalue weighted by molar-refractivity contribution is 5.98. The standard InChI is InChI=1S/C40H58N4O9/c1-6-8-14-32(46)41-30(26-50-5)35(28-12-10-9-11-13-28)52-39(49)33-31-15-16-40(53-31)34(33)37(47)44(29(25-45)24-27(3)4)36(40)38(48)43(17-7-2)19-18-42-20-22-51-23-21-42/h6-7,9-13,27,29-31,33-36,45H,1-2,8,14-26H2,3-5H3,(H,41,46)/t29-,30+,31-,33+,34+,35+,36-,40+/m1/s1. The summed E-state index contributed by atoms with van der Waals surface area (Å²) in [5.74, 6) is -3.43. The van der Waals surface area contributed by atoms with E-state index in [1.165, 1.54) is 12.0 Å². The number of nitrogens with one attached hydrogen (secondary N) is 1. The number of hydrogen-bond donors (Lipinski definition) is 2. The predicted molar refractivity (Wildman–Crippen MR) is 197 cm³/mol. The van der Waals surface area contributed by atoms with Gasteiger partial charge >= 0.3 is 5.97 Å². The van der Waals surface area contributed by atoms with Crippen molar-refractivity contribution in [3.05, 3.63) is 61.2 Å². The lowest BCUT2D eigenvalue weighted by Crippen LogP contribution is -2.59. The van der Waals surface area contributed by atoms with Crippen LogP contribution in [0.2, 0.25) is 0 Å². The number of aliphatic hydroxyl groups excluding tert-OH is 1. The van der Waals surface area contributed by atoms with Gasteiger partial charge in [0.05, 0.1) is 56.5 Å². The number of fused-ring (bicyclic) bond motifs is 1. The number of esters is 1. The molecule has 0 radical (unpaired) electrons. The molecule has 292 valence electrons. The molecular formula is C40H58N4O9. The molecule has 4 aliphatic rings. The summed E-state index contributed by atoms with van der Waals surface area (Å²) >= 11 is 0. The predicted octanol–water partition coefficient (Wildman–Crippen LogP) is 2.50. The van der Waals surface area contributed by atoms with E-state index in [4.69, 9.17) is 18.9 Å². The Morgan fingerprint density at radius 2 is 1.89 bits per heavy atom. The minimum atomic E-state index is -1.28. The Balaban J connectivity index is 1.48. The molecule has 0 aliphatic carbocycles. The van der Waals surface area contributed by atoms with Gasteiger partial charge < -0.3 is 39.2 Å². The lowest BCUT2D eigenvalue weighted by molar-refractivity contribution is -0.163. The van der Waals surface area contributed by atoms with E-state index in [9.17, 15) is 24.3 Å². The van der Waals surface area contributed by atoms with Gasteiger partial charge in [0.2, 0.25) is 17.7 Å². The van der Waals surface area contributed by atoms with E-state index in [0.29, 0.717) is 57.6 Å². The number of aliphatic hydroxyl groups is 1. The molecule has 13 heteroatoms. The summed E-state index contributed by atoms with van der Waals surface area (Å²) in [6.45, 7) is 15.4. The van der Waals surface area contributed by atoms with E-state index in [1.54, 1.807) is 17.1 Å². The molecule has 0 aromatic heterocycles. The Labute approximate surface area is 313 Å². The van der Waals surface area contributed by atoms with Crippen LogP contribution in [-0.4, -0.2) is 140 Å². The lowest BCUT2D eigenvalue weighted by Gasteiger charge is -2.40. The number of methoxy groups -OCH3 is 1. The fourth-order valence-corrected chi connectivity index (χ4v) is 8.68. The van der Waals surface area contributed by atoms with Gasteiger partial charge in [0.1, 0.15) is 17.7 Å². The van der Waals surface area contributed by atoms with Gasteiger partial charge in [0, 0.05) is 46.3 Å². The van der Waals surface area contributed by atoms with Crippen LogP contribution in [0.3, 0.4) is 0 Å².